The van der Waals surface area contributed by atoms with Crippen LogP contribution in [0.2, 0.25) is 0 Å². The monoisotopic (exact) mass is 381 g/mol. The van der Waals surface area contributed by atoms with E-state index in [-0.39, 0.29) is 0 Å². The molecule has 0 bridgehead atoms. The summed E-state index contributed by atoms with van der Waals surface area (Å²) < 4.78 is 1.45. The van der Waals surface area contributed by atoms with Gasteiger partial charge in [-0.1, -0.05) is 18.2 Å². The van der Waals surface area contributed by atoms with Crippen LogP contribution in [0, 0.1) is 0 Å². The van der Waals surface area contributed by atoms with Crippen molar-refractivity contribution in [2.24, 2.45) is 0 Å². The molecule has 2 aliphatic rings. The Morgan fingerprint density at radius 2 is 1.85 bits per heavy atom. The molecule has 0 N–H and O–H groups in total. The first-order valence-corrected chi connectivity index (χ1v) is 11.9. The maximum absolute atomic E-state index is 2.73. The van der Waals surface area contributed by atoms with Crippen LogP contribution in [0.25, 0.3) is 10.1 Å². The van der Waals surface area contributed by atoms with E-state index in [1.165, 1.54) is 68.2 Å². The summed E-state index contributed by atoms with van der Waals surface area (Å²) >= 11 is 3.90. The Morgan fingerprint density at radius 3 is 2.77 bits per heavy atom. The van der Waals surface area contributed by atoms with Crippen LogP contribution >= 0.6 is 22.7 Å². The molecule has 1 fully saturated rings. The van der Waals surface area contributed by atoms with Crippen molar-refractivity contribution in [1.29, 1.82) is 0 Å². The first-order chi connectivity index (χ1) is 12.9. The molecule has 1 unspecified atom stereocenters. The number of hydrogen-bond acceptors (Lipinski definition) is 3. The third kappa shape index (κ3) is 3.26. The second kappa shape index (κ2) is 7.46. The molecule has 3 aromatic rings. The molecule has 1 aliphatic heterocycles. The number of hydrogen-bond donors (Lipinski definition) is 0. The molecule has 136 valence electrons. The molecule has 0 amide bonds. The summed E-state index contributed by atoms with van der Waals surface area (Å²) in [6.45, 7) is 3.84. The number of thiophene rings is 2. The highest BCUT2D eigenvalue weighted by atomic mass is 32.1. The van der Waals surface area contributed by atoms with Crippen LogP contribution in [0.4, 0.5) is 0 Å². The van der Waals surface area contributed by atoms with Gasteiger partial charge in [0.05, 0.1) is 0 Å². The maximum Gasteiger partial charge on any atom is 0.0345 e. The first kappa shape index (κ1) is 17.0. The summed E-state index contributed by atoms with van der Waals surface area (Å²) in [5.74, 6) is 1.59. The summed E-state index contributed by atoms with van der Waals surface area (Å²) in [7, 11) is 0. The van der Waals surface area contributed by atoms with E-state index in [0.717, 1.165) is 11.8 Å². The van der Waals surface area contributed by atoms with E-state index in [2.05, 4.69) is 46.0 Å². The van der Waals surface area contributed by atoms with Gasteiger partial charge in [-0.2, -0.15) is 0 Å². The summed E-state index contributed by atoms with van der Waals surface area (Å²) in [6, 6.07) is 11.3. The predicted octanol–water partition coefficient (Wildman–Crippen LogP) is 6.65. The van der Waals surface area contributed by atoms with Crippen LogP contribution < -0.4 is 0 Å². The lowest BCUT2D eigenvalue weighted by Gasteiger charge is -2.33. The number of piperidine rings is 1. The highest BCUT2D eigenvalue weighted by Crippen LogP contribution is 2.39. The number of benzene rings is 1. The number of aryl methyl sites for hydroxylation is 1. The first-order valence-electron chi connectivity index (χ1n) is 10.1. The van der Waals surface area contributed by atoms with Gasteiger partial charge in [-0.25, -0.2) is 0 Å². The van der Waals surface area contributed by atoms with Crippen molar-refractivity contribution < 1.29 is 0 Å². The third-order valence-electron chi connectivity index (χ3n) is 6.51. The van der Waals surface area contributed by atoms with E-state index in [1.807, 2.05) is 22.7 Å². The minimum Gasteiger partial charge on any atom is -0.303 e. The largest absolute Gasteiger partial charge is 0.303 e. The molecule has 0 spiro atoms. The minimum absolute atomic E-state index is 0.764. The van der Waals surface area contributed by atoms with Crippen LogP contribution in [0.1, 0.15) is 59.9 Å². The molecule has 0 saturated carbocycles. The van der Waals surface area contributed by atoms with E-state index < -0.39 is 0 Å². The van der Waals surface area contributed by atoms with Crippen molar-refractivity contribution in [2.75, 3.05) is 19.6 Å². The van der Waals surface area contributed by atoms with Crippen LogP contribution in [0.5, 0.6) is 0 Å². The lowest BCUT2D eigenvalue weighted by atomic mass is 9.85. The Bertz CT molecular complexity index is 869. The molecule has 1 aliphatic carbocycles. The number of fused-ring (bicyclic) bond motifs is 2. The highest BCUT2D eigenvalue weighted by Gasteiger charge is 2.25. The molecule has 3 heterocycles. The van der Waals surface area contributed by atoms with Gasteiger partial charge in [-0.05, 0) is 109 Å². The standard InChI is InChI=1S/C23H27NS2/c1-2-6-23-20(5-1)21(16-26-23)18-9-13-24(14-10-18)12-8-17-4-3-7-22-19(17)11-15-25-22/h1-2,5-6,11,15-18H,3-4,7-10,12-14H2. The Hall–Kier alpha value is -1.16. The summed E-state index contributed by atoms with van der Waals surface area (Å²) in [6.07, 6.45) is 8.13. The predicted molar refractivity (Wildman–Crippen MR) is 115 cm³/mol. The average Bonchev–Trinajstić information content (AvgIpc) is 3.34. The second-order valence-electron chi connectivity index (χ2n) is 7.98. The van der Waals surface area contributed by atoms with Gasteiger partial charge in [-0.3, -0.25) is 0 Å². The molecular formula is C23H27NS2. The zero-order chi connectivity index (χ0) is 17.3. The lowest BCUT2D eigenvalue weighted by Crippen LogP contribution is -2.34. The van der Waals surface area contributed by atoms with Crippen molar-refractivity contribution in [1.82, 2.24) is 4.90 Å². The fourth-order valence-corrected chi connectivity index (χ4v) is 7.06. The molecule has 2 aromatic heterocycles. The van der Waals surface area contributed by atoms with Crippen molar-refractivity contribution >= 4 is 32.8 Å². The van der Waals surface area contributed by atoms with Crippen LogP contribution in [-0.4, -0.2) is 24.5 Å². The number of likely N-dealkylation sites (tertiary alicyclic amines) is 1. The zero-order valence-electron chi connectivity index (χ0n) is 15.3. The normalized spacial score (nSPS) is 21.9. The van der Waals surface area contributed by atoms with E-state index in [1.54, 1.807) is 16.0 Å². The summed E-state index contributed by atoms with van der Waals surface area (Å²) in [5.41, 5.74) is 3.29. The Kier molecular flexibility index (Phi) is 4.87. The topological polar surface area (TPSA) is 3.24 Å². The van der Waals surface area contributed by atoms with Crippen molar-refractivity contribution in [3.05, 3.63) is 57.1 Å². The SMILES string of the molecule is c1ccc2c(C3CCN(CCC4CCCc5sccc54)CC3)csc2c1. The van der Waals surface area contributed by atoms with Gasteiger partial charge in [0.15, 0.2) is 0 Å². The molecule has 1 atom stereocenters. The van der Waals surface area contributed by atoms with Gasteiger partial charge in [0.1, 0.15) is 0 Å². The van der Waals surface area contributed by atoms with Gasteiger partial charge in [0.2, 0.25) is 0 Å². The molecule has 1 aromatic carbocycles. The third-order valence-corrected chi connectivity index (χ3v) is 8.49. The molecule has 1 saturated heterocycles. The van der Waals surface area contributed by atoms with Crippen molar-refractivity contribution in [3.8, 4) is 0 Å². The molecule has 0 radical (unpaired) electrons. The fraction of sp³-hybridized carbons (Fsp3) is 0.478. The zero-order valence-corrected chi connectivity index (χ0v) is 17.0. The second-order valence-corrected chi connectivity index (χ2v) is 9.89. The van der Waals surface area contributed by atoms with Crippen molar-refractivity contribution in [3.63, 3.8) is 0 Å². The lowest BCUT2D eigenvalue weighted by molar-refractivity contribution is 0.204. The summed E-state index contributed by atoms with van der Waals surface area (Å²) in [5, 5.41) is 6.23. The van der Waals surface area contributed by atoms with Gasteiger partial charge >= 0.3 is 0 Å². The Balaban J connectivity index is 1.18. The van der Waals surface area contributed by atoms with E-state index >= 15 is 0 Å². The Morgan fingerprint density at radius 1 is 0.962 bits per heavy atom. The maximum atomic E-state index is 2.73. The van der Waals surface area contributed by atoms with Gasteiger partial charge in [0.25, 0.3) is 0 Å². The highest BCUT2D eigenvalue weighted by molar-refractivity contribution is 7.17. The Labute approximate surface area is 164 Å². The van der Waals surface area contributed by atoms with Crippen LogP contribution in [0.15, 0.2) is 41.1 Å². The number of nitrogens with zero attached hydrogens (tertiary/aromatic N) is 1. The summed E-state index contributed by atoms with van der Waals surface area (Å²) in [4.78, 5) is 4.40. The van der Waals surface area contributed by atoms with Crippen molar-refractivity contribution in [2.45, 2.75) is 50.4 Å². The quantitative estimate of drug-likeness (QED) is 0.489. The molecular weight excluding hydrogens is 354 g/mol. The smallest absolute Gasteiger partial charge is 0.0345 e. The van der Waals surface area contributed by atoms with E-state index in [9.17, 15) is 0 Å². The van der Waals surface area contributed by atoms with Crippen LogP contribution in [-0.2, 0) is 6.42 Å². The van der Waals surface area contributed by atoms with Gasteiger partial charge < -0.3 is 4.90 Å². The molecule has 1 nitrogen and oxygen atoms in total. The van der Waals surface area contributed by atoms with E-state index in [4.69, 9.17) is 0 Å². The molecule has 26 heavy (non-hydrogen) atoms. The number of rotatable bonds is 4. The minimum atomic E-state index is 0.764. The van der Waals surface area contributed by atoms with E-state index in [0.29, 0.717) is 0 Å². The fourth-order valence-electron chi connectivity index (χ4n) is 5.00. The molecule has 5 rings (SSSR count). The van der Waals surface area contributed by atoms with Gasteiger partial charge in [-0.15, -0.1) is 22.7 Å². The van der Waals surface area contributed by atoms with Gasteiger partial charge in [0, 0.05) is 9.58 Å². The molecule has 3 heteroatoms. The van der Waals surface area contributed by atoms with Crippen LogP contribution in [0.3, 0.4) is 0 Å². The average molecular weight is 382 g/mol.